The third-order valence-corrected chi connectivity index (χ3v) is 4.47. The molecule has 1 heterocycles. The minimum Gasteiger partial charge on any atom is -0.359 e. The van der Waals surface area contributed by atoms with Crippen molar-refractivity contribution in [2.45, 2.75) is 221 Å². The van der Waals surface area contributed by atoms with Crippen molar-refractivity contribution in [2.24, 2.45) is 15.0 Å². The van der Waals surface area contributed by atoms with Crippen molar-refractivity contribution in [2.75, 3.05) is 56.4 Å². The van der Waals surface area contributed by atoms with Crippen LogP contribution in [0.15, 0.2) is 33.4 Å². The number of nitrogens with one attached hydrogen (secondary N) is 8. The molecule has 0 radical (unpaired) electrons. The zero-order valence-corrected chi connectivity index (χ0v) is 62.0. The Balaban J connectivity index is -0.0000000315. The summed E-state index contributed by atoms with van der Waals surface area (Å²) >= 11 is 0. The molecule has 27 heteroatoms. The number of hydrogen-bond donors (Lipinski definition) is 8. The fourth-order valence-electron chi connectivity index (χ4n) is 0.896. The summed E-state index contributed by atoms with van der Waals surface area (Å²) in [7, 11) is 13.3. The van der Waals surface area contributed by atoms with E-state index < -0.39 is 0 Å². The fourth-order valence-corrected chi connectivity index (χ4v) is 0.896. The maximum Gasteiger partial charge on any atom is 0.243 e. The number of aliphatic imine (C=N–C) groups is 3. The molecule has 532 valence electrons. The molecule has 8 N–H and O–H groups in total. The number of rotatable bonds is 2. The van der Waals surface area contributed by atoms with Gasteiger partial charge in [0.2, 0.25) is 41.4 Å². The molecule has 89 heavy (non-hydrogen) atoms. The van der Waals surface area contributed by atoms with Gasteiger partial charge in [-0.2, -0.15) is 5.10 Å². The van der Waals surface area contributed by atoms with Crippen molar-refractivity contribution in [3.8, 4) is 0 Å². The largest absolute Gasteiger partial charge is 0.359 e. The van der Waals surface area contributed by atoms with Crippen LogP contribution in [-0.4, -0.2) is 179 Å². The van der Waals surface area contributed by atoms with Crippen molar-refractivity contribution < 1.29 is 67.1 Å². The molecule has 0 aliphatic rings. The maximum absolute atomic E-state index is 10.4. The number of nitrogens with zero attached hydrogens (tertiary/aromatic N) is 5. The Morgan fingerprint density at radius 3 is 0.640 bits per heavy atom. The van der Waals surface area contributed by atoms with E-state index in [0.717, 1.165) is 6.29 Å². The first-order chi connectivity index (χ1) is 40.3. The molecule has 6 amide bonds. The van der Waals surface area contributed by atoms with Gasteiger partial charge in [-0.1, -0.05) is 49.0 Å². The van der Waals surface area contributed by atoms with Crippen LogP contribution in [0.3, 0.4) is 0 Å². The van der Waals surface area contributed by atoms with Crippen LogP contribution in [0.1, 0.15) is 226 Å². The van der Waals surface area contributed by atoms with E-state index in [-0.39, 0.29) is 89.3 Å². The van der Waals surface area contributed by atoms with Gasteiger partial charge in [0.1, 0.15) is 41.0 Å². The van der Waals surface area contributed by atoms with Gasteiger partial charge >= 0.3 is 0 Å². The van der Waals surface area contributed by atoms with Gasteiger partial charge in [-0.3, -0.25) is 39.0 Å². The third-order valence-electron chi connectivity index (χ3n) is 4.47. The molecule has 0 atom stereocenters. The average molecular weight is 1290 g/mol. The first-order valence-corrected chi connectivity index (χ1v) is 27.4. The summed E-state index contributed by atoms with van der Waals surface area (Å²) in [5.41, 5.74) is 0. The van der Waals surface area contributed by atoms with Gasteiger partial charge in [-0.05, 0) is 149 Å². The molecule has 0 fully saturated rings. The zero-order chi connectivity index (χ0) is 75.8. The number of Topliss-reactive ketones (excluding diaryl/α,β-unsaturated/α-hetero) is 6. The Hall–Kier alpha value is -8.26. The van der Waals surface area contributed by atoms with E-state index in [1.54, 1.807) is 107 Å². The highest BCUT2D eigenvalue weighted by Gasteiger charge is 1.91. The standard InChI is InChI=1S/C5H6N2O.C4H8N2O.C4H9NO.C4H8O.4C3H7NO.3C3H7N.5C3H6O.C2H5N.C2H4O.2C2H6.CH4/c1-5(8)7-4-2-3-6-7;1-3(5)6-4(2)7;1-3-4(6)5-2;1-3-4(2)5;4*1-3(5)4-2;3*1-3-4-2;5*1-3(2)4;2*1-2-3;2*1-2;/h2-4H,1H3;1-2H3,(H2,5,6,7);3H2,1-2H3,(H,5,6);3H2,1-2H3;4*1-2H3,(H,4,5);3*3H,1-2H3;5*1-2H3;2-3H,1H3;2H,1H3;2*1-2H3;1H4. The third kappa shape index (κ3) is 855. The molecule has 0 aromatic carbocycles. The number of aldehydes is 1. The van der Waals surface area contributed by atoms with Gasteiger partial charge in [-0.25, -0.2) is 4.68 Å². The molecule has 27 nitrogen and oxygen atoms in total. The fraction of sp³-hybridized carbons (Fsp3) is 0.645. The molecule has 0 unspecified atom stereocenters. The minimum atomic E-state index is -0.187. The van der Waals surface area contributed by atoms with Crippen LogP contribution in [0, 0.1) is 10.8 Å². The number of hydrogen-bond acceptors (Lipinski definition) is 20. The van der Waals surface area contributed by atoms with Crippen LogP contribution in [-0.2, 0) is 62.3 Å². The van der Waals surface area contributed by atoms with E-state index in [1.165, 1.54) is 136 Å². The number of amidine groups is 1. The Morgan fingerprint density at radius 1 is 0.449 bits per heavy atom. The first-order valence-electron chi connectivity index (χ1n) is 27.4. The number of carbonyl (C=O) groups is 14. The van der Waals surface area contributed by atoms with Gasteiger partial charge < -0.3 is 85.8 Å². The lowest BCUT2D eigenvalue weighted by Gasteiger charge is -1.92. The van der Waals surface area contributed by atoms with Crippen molar-refractivity contribution in [1.82, 2.24) is 41.7 Å². The molecular formula is C62H135N13O14. The quantitative estimate of drug-likeness (QED) is 0.0776. The minimum absolute atomic E-state index is 0. The van der Waals surface area contributed by atoms with E-state index >= 15 is 0 Å². The molecule has 0 bridgehead atoms. The maximum atomic E-state index is 10.4. The van der Waals surface area contributed by atoms with Crippen LogP contribution in [0.5, 0.6) is 0 Å². The predicted octanol–water partition coefficient (Wildman–Crippen LogP) is 9.45. The van der Waals surface area contributed by atoms with Gasteiger partial charge in [0.15, 0.2) is 0 Å². The second-order valence-corrected chi connectivity index (χ2v) is 14.7. The summed E-state index contributed by atoms with van der Waals surface area (Å²) in [6.07, 6.45) is 11.7. The highest BCUT2D eigenvalue weighted by atomic mass is 16.2. The second-order valence-electron chi connectivity index (χ2n) is 14.7. The van der Waals surface area contributed by atoms with Crippen LogP contribution >= 0.6 is 0 Å². The lowest BCUT2D eigenvalue weighted by Crippen LogP contribution is -2.24. The first kappa shape index (κ1) is 139. The van der Waals surface area contributed by atoms with Crippen molar-refractivity contribution in [3.63, 3.8) is 0 Å². The highest BCUT2D eigenvalue weighted by Crippen LogP contribution is 1.81. The highest BCUT2D eigenvalue weighted by molar-refractivity contribution is 5.94. The lowest BCUT2D eigenvalue weighted by atomic mass is 10.4. The van der Waals surface area contributed by atoms with Gasteiger partial charge in [-0.15, -0.1) is 0 Å². The van der Waals surface area contributed by atoms with Crippen LogP contribution in [0.25, 0.3) is 0 Å². The lowest BCUT2D eigenvalue weighted by molar-refractivity contribution is -0.120. The van der Waals surface area contributed by atoms with Gasteiger partial charge in [0.05, 0.1) is 5.84 Å². The number of aromatic nitrogens is 2. The topological polar surface area (TPSA) is 414 Å². The Kier molecular flexibility index (Phi) is 240. The summed E-state index contributed by atoms with van der Waals surface area (Å²) in [6, 6.07) is 1.71. The van der Waals surface area contributed by atoms with E-state index in [1.807, 2.05) is 62.3 Å². The van der Waals surface area contributed by atoms with E-state index in [4.69, 9.17) is 15.6 Å². The van der Waals surface area contributed by atoms with Crippen LogP contribution in [0.4, 0.5) is 0 Å². The molecule has 0 aliphatic carbocycles. The molecule has 1 aromatic rings. The normalized spacial score (nSPS) is 7.07. The summed E-state index contributed by atoms with van der Waals surface area (Å²) in [5, 5.41) is 30.7. The summed E-state index contributed by atoms with van der Waals surface area (Å²) in [5.74, 6) is 1.14. The second kappa shape index (κ2) is 154. The van der Waals surface area contributed by atoms with Crippen molar-refractivity contribution in [3.05, 3.63) is 18.5 Å². The number of ketones is 6. The van der Waals surface area contributed by atoms with Crippen molar-refractivity contribution >= 4 is 113 Å². The van der Waals surface area contributed by atoms with E-state index in [2.05, 4.69) is 52.0 Å². The average Bonchev–Trinajstić information content (AvgIpc) is 3.99. The summed E-state index contributed by atoms with van der Waals surface area (Å²) < 4.78 is 1.28. The molecular weight excluding hydrogens is 1150 g/mol. The Morgan fingerprint density at radius 2 is 0.618 bits per heavy atom. The molecule has 0 aliphatic heterocycles. The van der Waals surface area contributed by atoms with E-state index in [9.17, 15) is 62.3 Å². The zero-order valence-electron chi connectivity index (χ0n) is 62.0. The van der Waals surface area contributed by atoms with Crippen LogP contribution < -0.4 is 31.9 Å². The monoisotopic (exact) mass is 1290 g/mol. The molecule has 0 saturated heterocycles. The SMILES string of the molecule is C.CC.CC.CC(=N)NC(C)=O.CC(=O)n1cccn1.CC(C)=O.CC(C)=O.CC(C)=O.CC(C)=O.CC(C)=O.CC=N.CC=NC.CC=NC.CC=NC.CC=O.CCC(=O)NC.CCC(C)=O.CNC(C)=O.CNC(C)=O.CNC(C)=O.CNC(C)=O. The molecule has 1 aromatic heterocycles. The van der Waals surface area contributed by atoms with Gasteiger partial charge in [0, 0.05) is 123 Å². The number of amides is 6. The van der Waals surface area contributed by atoms with Gasteiger partial charge in [0.25, 0.3) is 0 Å². The van der Waals surface area contributed by atoms with Crippen molar-refractivity contribution in [1.29, 1.82) is 10.8 Å². The Labute approximate surface area is 541 Å². The van der Waals surface area contributed by atoms with Crippen LogP contribution in [0.2, 0.25) is 0 Å². The molecule has 0 saturated carbocycles. The van der Waals surface area contributed by atoms with E-state index in [0.29, 0.717) is 12.8 Å². The summed E-state index contributed by atoms with van der Waals surface area (Å²) in [4.78, 5) is 146. The Bertz CT molecular complexity index is 1590. The predicted molar refractivity (Wildman–Crippen MR) is 378 cm³/mol. The smallest absolute Gasteiger partial charge is 0.243 e. The molecule has 1 rings (SSSR count). The number of carbonyl (C=O) groups excluding carboxylic acids is 14. The summed E-state index contributed by atoms with van der Waals surface area (Å²) in [6.45, 7) is 47.5. The molecule has 0 spiro atoms.